The number of primary amides is 1. The van der Waals surface area contributed by atoms with E-state index in [1.54, 1.807) is 42.5 Å². The number of rotatable bonds is 4. The summed E-state index contributed by atoms with van der Waals surface area (Å²) in [6, 6.07) is 13.4. The van der Waals surface area contributed by atoms with Gasteiger partial charge in [-0.3, -0.25) is 4.79 Å². The summed E-state index contributed by atoms with van der Waals surface area (Å²) in [5.74, 6) is -1.35. The van der Waals surface area contributed by atoms with Gasteiger partial charge in [-0.25, -0.2) is 4.79 Å². The zero-order valence-corrected chi connectivity index (χ0v) is 13.7. The maximum absolute atomic E-state index is 12.1. The van der Waals surface area contributed by atoms with Gasteiger partial charge >= 0.3 is 5.97 Å². The molecule has 0 radical (unpaired) electrons. The molecule has 6 heteroatoms. The van der Waals surface area contributed by atoms with Crippen LogP contribution >= 0.6 is 34.2 Å². The molecule has 1 atom stereocenters. The number of amides is 1. The Morgan fingerprint density at radius 1 is 1.14 bits per heavy atom. The maximum atomic E-state index is 12.1. The van der Waals surface area contributed by atoms with E-state index in [4.69, 9.17) is 22.1 Å². The fourth-order valence-corrected chi connectivity index (χ4v) is 2.35. The summed E-state index contributed by atoms with van der Waals surface area (Å²) in [4.78, 5) is 23.6. The molecule has 21 heavy (non-hydrogen) atoms. The molecule has 2 aromatic rings. The standard InChI is InChI=1S/C15H11ClINO3/c16-11-7-6-10(8-12(11)17)15(20)21-13(14(18)19)9-4-2-1-3-5-9/h1-8,13H,(H2,18,19). The molecular weight excluding hydrogens is 405 g/mol. The van der Waals surface area contributed by atoms with Crippen LogP contribution in [0.25, 0.3) is 0 Å². The number of hydrogen-bond acceptors (Lipinski definition) is 3. The van der Waals surface area contributed by atoms with Crippen molar-refractivity contribution < 1.29 is 14.3 Å². The van der Waals surface area contributed by atoms with Crippen molar-refractivity contribution in [2.24, 2.45) is 5.73 Å². The van der Waals surface area contributed by atoms with Gasteiger partial charge < -0.3 is 10.5 Å². The minimum atomic E-state index is -1.12. The van der Waals surface area contributed by atoms with Crippen LogP contribution in [-0.2, 0) is 9.53 Å². The number of halogens is 2. The number of benzene rings is 2. The molecule has 4 nitrogen and oxygen atoms in total. The smallest absolute Gasteiger partial charge is 0.339 e. The Labute approximate surface area is 140 Å². The number of carbonyl (C=O) groups excluding carboxylic acids is 2. The molecular formula is C15H11ClINO3. The quantitative estimate of drug-likeness (QED) is 0.615. The van der Waals surface area contributed by atoms with E-state index < -0.39 is 18.0 Å². The van der Waals surface area contributed by atoms with Crippen LogP contribution in [0.2, 0.25) is 5.02 Å². The zero-order valence-electron chi connectivity index (χ0n) is 10.8. The number of ether oxygens (including phenoxy) is 1. The van der Waals surface area contributed by atoms with Crippen LogP contribution in [0.15, 0.2) is 48.5 Å². The molecule has 1 amide bonds. The minimum absolute atomic E-state index is 0.311. The third-order valence-electron chi connectivity index (χ3n) is 2.74. The van der Waals surface area contributed by atoms with Gasteiger partial charge in [0.05, 0.1) is 10.6 Å². The number of carbonyl (C=O) groups is 2. The van der Waals surface area contributed by atoms with Crippen LogP contribution in [0.3, 0.4) is 0 Å². The van der Waals surface area contributed by atoms with E-state index in [0.717, 1.165) is 3.57 Å². The summed E-state index contributed by atoms with van der Waals surface area (Å²) < 4.78 is 5.94. The lowest BCUT2D eigenvalue weighted by atomic mass is 10.1. The van der Waals surface area contributed by atoms with Gasteiger partial charge in [0.2, 0.25) is 6.10 Å². The Balaban J connectivity index is 2.23. The first-order chi connectivity index (χ1) is 9.99. The van der Waals surface area contributed by atoms with E-state index >= 15 is 0 Å². The van der Waals surface area contributed by atoms with Crippen LogP contribution in [0, 0.1) is 3.57 Å². The molecule has 108 valence electrons. The minimum Gasteiger partial charge on any atom is -0.444 e. The summed E-state index contributed by atoms with van der Waals surface area (Å²) in [6.07, 6.45) is -1.12. The summed E-state index contributed by atoms with van der Waals surface area (Å²) in [5.41, 5.74) is 6.15. The summed E-state index contributed by atoms with van der Waals surface area (Å²) in [6.45, 7) is 0. The average Bonchev–Trinajstić information content (AvgIpc) is 2.48. The molecule has 0 heterocycles. The molecule has 0 bridgehead atoms. The molecule has 0 saturated carbocycles. The number of esters is 1. The Kier molecular flexibility index (Phi) is 5.19. The Morgan fingerprint density at radius 2 is 1.81 bits per heavy atom. The highest BCUT2D eigenvalue weighted by Gasteiger charge is 2.23. The monoisotopic (exact) mass is 415 g/mol. The largest absolute Gasteiger partial charge is 0.444 e. The van der Waals surface area contributed by atoms with E-state index in [-0.39, 0.29) is 0 Å². The predicted molar refractivity (Wildman–Crippen MR) is 88.0 cm³/mol. The molecule has 1 unspecified atom stereocenters. The lowest BCUT2D eigenvalue weighted by molar-refractivity contribution is -0.127. The van der Waals surface area contributed by atoms with Crippen LogP contribution in [0.5, 0.6) is 0 Å². The van der Waals surface area contributed by atoms with Crippen molar-refractivity contribution in [2.75, 3.05) is 0 Å². The number of nitrogens with two attached hydrogens (primary N) is 1. The van der Waals surface area contributed by atoms with E-state index in [9.17, 15) is 9.59 Å². The lowest BCUT2D eigenvalue weighted by Gasteiger charge is -2.15. The highest BCUT2D eigenvalue weighted by atomic mass is 127. The van der Waals surface area contributed by atoms with Crippen molar-refractivity contribution in [3.8, 4) is 0 Å². The van der Waals surface area contributed by atoms with Crippen molar-refractivity contribution in [1.82, 2.24) is 0 Å². The molecule has 2 rings (SSSR count). The van der Waals surface area contributed by atoms with Gasteiger partial charge in [-0.1, -0.05) is 41.9 Å². The molecule has 0 aromatic heterocycles. The van der Waals surface area contributed by atoms with Crippen molar-refractivity contribution in [1.29, 1.82) is 0 Å². The van der Waals surface area contributed by atoms with Crippen molar-refractivity contribution in [2.45, 2.75) is 6.10 Å². The van der Waals surface area contributed by atoms with Gasteiger partial charge in [-0.15, -0.1) is 0 Å². The van der Waals surface area contributed by atoms with Crippen molar-refractivity contribution in [3.05, 3.63) is 68.3 Å². The van der Waals surface area contributed by atoms with E-state index in [1.165, 1.54) is 6.07 Å². The third-order valence-corrected chi connectivity index (χ3v) is 4.28. The molecule has 2 aromatic carbocycles. The maximum Gasteiger partial charge on any atom is 0.339 e. The molecule has 0 saturated heterocycles. The summed E-state index contributed by atoms with van der Waals surface area (Å²) in [7, 11) is 0. The Bertz CT molecular complexity index is 676. The summed E-state index contributed by atoms with van der Waals surface area (Å²) in [5, 5.41) is 0.543. The second-order valence-electron chi connectivity index (χ2n) is 4.23. The first-order valence-electron chi connectivity index (χ1n) is 5.99. The highest BCUT2D eigenvalue weighted by molar-refractivity contribution is 14.1. The number of hydrogen-bond donors (Lipinski definition) is 1. The van der Waals surface area contributed by atoms with Gasteiger partial charge in [-0.05, 0) is 40.8 Å². The van der Waals surface area contributed by atoms with Gasteiger partial charge in [0.15, 0.2) is 0 Å². The fourth-order valence-electron chi connectivity index (χ4n) is 1.72. The van der Waals surface area contributed by atoms with Gasteiger partial charge in [0.1, 0.15) is 0 Å². The van der Waals surface area contributed by atoms with E-state index in [0.29, 0.717) is 16.1 Å². The van der Waals surface area contributed by atoms with Gasteiger partial charge in [0.25, 0.3) is 5.91 Å². The molecule has 0 aliphatic carbocycles. The topological polar surface area (TPSA) is 69.4 Å². The van der Waals surface area contributed by atoms with Crippen molar-refractivity contribution >= 4 is 46.1 Å². The molecule has 0 aliphatic rings. The average molecular weight is 416 g/mol. The first-order valence-corrected chi connectivity index (χ1v) is 7.45. The summed E-state index contributed by atoms with van der Waals surface area (Å²) >= 11 is 7.91. The Morgan fingerprint density at radius 3 is 2.38 bits per heavy atom. The predicted octanol–water partition coefficient (Wildman–Crippen LogP) is 3.33. The Hall–Kier alpha value is -1.60. The van der Waals surface area contributed by atoms with Gasteiger partial charge in [-0.2, -0.15) is 0 Å². The molecule has 2 N–H and O–H groups in total. The zero-order chi connectivity index (χ0) is 15.4. The van der Waals surface area contributed by atoms with Crippen LogP contribution in [0.4, 0.5) is 0 Å². The van der Waals surface area contributed by atoms with E-state index in [2.05, 4.69) is 0 Å². The molecule has 0 fully saturated rings. The van der Waals surface area contributed by atoms with Crippen LogP contribution in [0.1, 0.15) is 22.0 Å². The second kappa shape index (κ2) is 6.91. The first kappa shape index (κ1) is 15.8. The lowest BCUT2D eigenvalue weighted by Crippen LogP contribution is -2.26. The second-order valence-corrected chi connectivity index (χ2v) is 5.80. The van der Waals surface area contributed by atoms with Crippen LogP contribution in [-0.4, -0.2) is 11.9 Å². The SMILES string of the molecule is NC(=O)C(OC(=O)c1ccc(Cl)c(I)c1)c1ccccc1. The normalized spacial score (nSPS) is 11.7. The molecule has 0 spiro atoms. The van der Waals surface area contributed by atoms with E-state index in [1.807, 2.05) is 22.6 Å². The molecule has 0 aliphatic heterocycles. The fraction of sp³-hybridized carbons (Fsp3) is 0.0667. The van der Waals surface area contributed by atoms with Crippen molar-refractivity contribution in [3.63, 3.8) is 0 Å². The third kappa shape index (κ3) is 3.95. The highest BCUT2D eigenvalue weighted by Crippen LogP contribution is 2.22. The van der Waals surface area contributed by atoms with Gasteiger partial charge in [0, 0.05) is 9.13 Å². The van der Waals surface area contributed by atoms with Crippen LogP contribution < -0.4 is 5.73 Å².